The van der Waals surface area contributed by atoms with Crippen LogP contribution < -0.4 is 5.32 Å². The van der Waals surface area contributed by atoms with Crippen LogP contribution in [0.2, 0.25) is 0 Å². The highest BCUT2D eigenvalue weighted by molar-refractivity contribution is 5.40. The van der Waals surface area contributed by atoms with Crippen molar-refractivity contribution in [2.45, 2.75) is 38.8 Å². The van der Waals surface area contributed by atoms with Gasteiger partial charge in [0.2, 0.25) is 0 Å². The van der Waals surface area contributed by atoms with E-state index in [4.69, 9.17) is 0 Å². The first-order chi connectivity index (χ1) is 9.34. The fourth-order valence-corrected chi connectivity index (χ4v) is 2.98. The molecular formula is C16H21N3. The summed E-state index contributed by atoms with van der Waals surface area (Å²) in [6.45, 7) is 3.27. The highest BCUT2D eigenvalue weighted by Gasteiger charge is 2.22. The van der Waals surface area contributed by atoms with Crippen molar-refractivity contribution >= 4 is 0 Å². The van der Waals surface area contributed by atoms with Crippen molar-refractivity contribution in [1.29, 1.82) is 0 Å². The van der Waals surface area contributed by atoms with Crippen molar-refractivity contribution in [2.24, 2.45) is 5.92 Å². The highest BCUT2D eigenvalue weighted by atomic mass is 15.3. The van der Waals surface area contributed by atoms with Gasteiger partial charge in [0, 0.05) is 25.0 Å². The van der Waals surface area contributed by atoms with E-state index in [0.717, 1.165) is 12.5 Å². The van der Waals surface area contributed by atoms with Crippen LogP contribution in [0.25, 0.3) is 5.69 Å². The van der Waals surface area contributed by atoms with E-state index >= 15 is 0 Å². The van der Waals surface area contributed by atoms with Crippen LogP contribution in [0.4, 0.5) is 0 Å². The Hall–Kier alpha value is -1.61. The molecule has 1 aromatic heterocycles. The molecule has 3 heteroatoms. The van der Waals surface area contributed by atoms with Crippen molar-refractivity contribution in [3.8, 4) is 5.69 Å². The van der Waals surface area contributed by atoms with Crippen LogP contribution in [0.3, 0.4) is 0 Å². The van der Waals surface area contributed by atoms with Crippen molar-refractivity contribution in [3.63, 3.8) is 0 Å². The normalized spacial score (nSPS) is 22.8. The summed E-state index contributed by atoms with van der Waals surface area (Å²) in [5.41, 5.74) is 2.48. The highest BCUT2D eigenvalue weighted by Crippen LogP contribution is 2.25. The predicted octanol–water partition coefficient (Wildman–Crippen LogP) is 3.15. The Bertz CT molecular complexity index is 519. The quantitative estimate of drug-likeness (QED) is 0.909. The van der Waals surface area contributed by atoms with E-state index < -0.39 is 0 Å². The molecule has 1 N–H and O–H groups in total. The number of para-hydroxylation sites is 1. The zero-order valence-corrected chi connectivity index (χ0v) is 11.4. The molecule has 3 rings (SSSR count). The van der Waals surface area contributed by atoms with Crippen LogP contribution in [-0.4, -0.2) is 15.8 Å². The first kappa shape index (κ1) is 12.4. The molecule has 1 aliphatic rings. The average molecular weight is 255 g/mol. The lowest BCUT2D eigenvalue weighted by Crippen LogP contribution is -2.30. The predicted molar refractivity (Wildman–Crippen MR) is 77.2 cm³/mol. The van der Waals surface area contributed by atoms with Gasteiger partial charge in [-0.3, -0.25) is 0 Å². The number of hydrogen-bond donors (Lipinski definition) is 1. The molecule has 1 heterocycles. The second kappa shape index (κ2) is 5.57. The Morgan fingerprint density at radius 2 is 2.16 bits per heavy atom. The number of benzene rings is 1. The largest absolute Gasteiger partial charge is 0.310 e. The summed E-state index contributed by atoms with van der Waals surface area (Å²) in [7, 11) is 0. The molecule has 2 unspecified atom stereocenters. The summed E-state index contributed by atoms with van der Waals surface area (Å²) in [4.78, 5) is 0. The van der Waals surface area contributed by atoms with E-state index in [1.807, 2.05) is 23.1 Å². The zero-order chi connectivity index (χ0) is 13.1. The Kier molecular flexibility index (Phi) is 3.65. The first-order valence-electron chi connectivity index (χ1n) is 7.16. The summed E-state index contributed by atoms with van der Waals surface area (Å²) in [5, 5.41) is 8.04. The molecule has 1 aromatic carbocycles. The van der Waals surface area contributed by atoms with Gasteiger partial charge in [0.05, 0.1) is 5.69 Å². The lowest BCUT2D eigenvalue weighted by atomic mass is 10.1. The smallest absolute Gasteiger partial charge is 0.0690 e. The number of aromatic nitrogens is 2. The SMILES string of the molecule is CC1CCCC1NCc1ccccc1-n1cccn1. The molecule has 0 saturated heterocycles. The van der Waals surface area contributed by atoms with Gasteiger partial charge in [0.1, 0.15) is 0 Å². The monoisotopic (exact) mass is 255 g/mol. The van der Waals surface area contributed by atoms with Crippen LogP contribution in [0.5, 0.6) is 0 Å². The van der Waals surface area contributed by atoms with Gasteiger partial charge in [-0.15, -0.1) is 0 Å². The van der Waals surface area contributed by atoms with E-state index in [1.165, 1.54) is 30.5 Å². The standard InChI is InChI=1S/C16H21N3/c1-13-6-4-8-15(13)17-12-14-7-2-3-9-16(14)19-11-5-10-18-19/h2-3,5,7,9-11,13,15,17H,4,6,8,12H2,1H3. The third kappa shape index (κ3) is 2.71. The number of nitrogens with one attached hydrogen (secondary N) is 1. The van der Waals surface area contributed by atoms with E-state index in [9.17, 15) is 0 Å². The van der Waals surface area contributed by atoms with Gasteiger partial charge < -0.3 is 5.32 Å². The molecule has 1 aliphatic carbocycles. The summed E-state index contributed by atoms with van der Waals surface area (Å²) in [6, 6.07) is 11.1. The van der Waals surface area contributed by atoms with Gasteiger partial charge in [0.15, 0.2) is 0 Å². The second-order valence-electron chi connectivity index (χ2n) is 5.47. The third-order valence-electron chi connectivity index (χ3n) is 4.16. The van der Waals surface area contributed by atoms with Gasteiger partial charge in [-0.1, -0.05) is 31.5 Å². The molecule has 2 aromatic rings. The molecule has 0 amide bonds. The number of rotatable bonds is 4. The molecule has 0 aliphatic heterocycles. The van der Waals surface area contributed by atoms with Crippen molar-refractivity contribution < 1.29 is 0 Å². The van der Waals surface area contributed by atoms with Gasteiger partial charge in [-0.2, -0.15) is 5.10 Å². The Balaban J connectivity index is 1.74. The molecule has 2 atom stereocenters. The van der Waals surface area contributed by atoms with Gasteiger partial charge in [-0.25, -0.2) is 4.68 Å². The maximum Gasteiger partial charge on any atom is 0.0690 e. The molecule has 19 heavy (non-hydrogen) atoms. The van der Waals surface area contributed by atoms with Crippen molar-refractivity contribution in [3.05, 3.63) is 48.3 Å². The fourth-order valence-electron chi connectivity index (χ4n) is 2.98. The van der Waals surface area contributed by atoms with Crippen LogP contribution in [0, 0.1) is 5.92 Å². The minimum atomic E-state index is 0.672. The summed E-state index contributed by atoms with van der Waals surface area (Å²) < 4.78 is 1.94. The molecular weight excluding hydrogens is 234 g/mol. The molecule has 100 valence electrons. The van der Waals surface area contributed by atoms with E-state index in [-0.39, 0.29) is 0 Å². The van der Waals surface area contributed by atoms with E-state index in [2.05, 4.69) is 41.6 Å². The molecule has 0 bridgehead atoms. The van der Waals surface area contributed by atoms with E-state index in [0.29, 0.717) is 6.04 Å². The van der Waals surface area contributed by atoms with Crippen LogP contribution in [0.15, 0.2) is 42.7 Å². The average Bonchev–Trinajstić information content (AvgIpc) is 3.08. The molecule has 3 nitrogen and oxygen atoms in total. The third-order valence-corrected chi connectivity index (χ3v) is 4.16. The van der Waals surface area contributed by atoms with Crippen molar-refractivity contribution in [1.82, 2.24) is 15.1 Å². The first-order valence-corrected chi connectivity index (χ1v) is 7.16. The summed E-state index contributed by atoms with van der Waals surface area (Å²) >= 11 is 0. The molecule has 0 spiro atoms. The summed E-state index contributed by atoms with van der Waals surface area (Å²) in [5.74, 6) is 0.803. The molecule has 1 fully saturated rings. The lowest BCUT2D eigenvalue weighted by Gasteiger charge is -2.18. The number of nitrogens with zero attached hydrogens (tertiary/aromatic N) is 2. The Labute approximate surface area is 114 Å². The lowest BCUT2D eigenvalue weighted by molar-refractivity contribution is 0.425. The van der Waals surface area contributed by atoms with Gasteiger partial charge in [-0.05, 0) is 36.5 Å². The Morgan fingerprint density at radius 1 is 1.26 bits per heavy atom. The van der Waals surface area contributed by atoms with Crippen molar-refractivity contribution in [2.75, 3.05) is 0 Å². The minimum absolute atomic E-state index is 0.672. The molecule has 1 saturated carbocycles. The summed E-state index contributed by atoms with van der Waals surface area (Å²) in [6.07, 6.45) is 7.85. The van der Waals surface area contributed by atoms with Crippen LogP contribution in [-0.2, 0) is 6.54 Å². The topological polar surface area (TPSA) is 29.9 Å². The Morgan fingerprint density at radius 3 is 2.89 bits per heavy atom. The number of hydrogen-bond acceptors (Lipinski definition) is 2. The van der Waals surface area contributed by atoms with E-state index in [1.54, 1.807) is 0 Å². The van der Waals surface area contributed by atoms with Gasteiger partial charge >= 0.3 is 0 Å². The fraction of sp³-hybridized carbons (Fsp3) is 0.438. The van der Waals surface area contributed by atoms with Gasteiger partial charge in [0.25, 0.3) is 0 Å². The zero-order valence-electron chi connectivity index (χ0n) is 11.4. The maximum absolute atomic E-state index is 4.33. The minimum Gasteiger partial charge on any atom is -0.310 e. The second-order valence-corrected chi connectivity index (χ2v) is 5.47. The maximum atomic E-state index is 4.33. The molecule has 0 radical (unpaired) electrons. The van der Waals surface area contributed by atoms with Crippen LogP contribution in [0.1, 0.15) is 31.7 Å². The van der Waals surface area contributed by atoms with Crippen LogP contribution >= 0.6 is 0 Å².